The van der Waals surface area contributed by atoms with Crippen molar-refractivity contribution in [2.24, 2.45) is 17.4 Å². The summed E-state index contributed by atoms with van der Waals surface area (Å²) in [6.07, 6.45) is 4.25. The Morgan fingerprint density at radius 1 is 1.50 bits per heavy atom. The van der Waals surface area contributed by atoms with Crippen molar-refractivity contribution in [3.8, 4) is 0 Å². The summed E-state index contributed by atoms with van der Waals surface area (Å²) < 4.78 is 4.89. The topological polar surface area (TPSA) is 95.4 Å². The van der Waals surface area contributed by atoms with Gasteiger partial charge in [-0.2, -0.15) is 0 Å². The van der Waals surface area contributed by atoms with Gasteiger partial charge < -0.3 is 16.2 Å². The number of rotatable bonds is 4. The molecule has 5 heteroatoms. The molecular formula is C13H22N2O3. The first kappa shape index (κ1) is 14.9. The molecule has 3 unspecified atom stereocenters. The van der Waals surface area contributed by atoms with E-state index in [-0.39, 0.29) is 24.5 Å². The van der Waals surface area contributed by atoms with E-state index in [9.17, 15) is 9.59 Å². The molecule has 0 heterocycles. The van der Waals surface area contributed by atoms with Gasteiger partial charge in [0.05, 0.1) is 6.61 Å². The Hall–Kier alpha value is -1.20. The fourth-order valence-corrected chi connectivity index (χ4v) is 2.16. The Balaban J connectivity index is 2.87. The highest BCUT2D eigenvalue weighted by Crippen LogP contribution is 2.23. The van der Waals surface area contributed by atoms with Gasteiger partial charge in [-0.3, -0.25) is 9.59 Å². The number of ketones is 1. The molecular weight excluding hydrogens is 232 g/mol. The van der Waals surface area contributed by atoms with Crippen LogP contribution in [0.3, 0.4) is 0 Å². The van der Waals surface area contributed by atoms with Crippen LogP contribution in [0.1, 0.15) is 33.1 Å². The van der Waals surface area contributed by atoms with Gasteiger partial charge in [-0.05, 0) is 33.1 Å². The molecule has 0 aromatic heterocycles. The second-order valence-electron chi connectivity index (χ2n) is 4.66. The maximum absolute atomic E-state index is 11.7. The zero-order valence-electron chi connectivity index (χ0n) is 11.0. The number of ether oxygens (including phenoxy) is 1. The number of hydrogen-bond donors (Lipinski definition) is 2. The average molecular weight is 254 g/mol. The molecule has 102 valence electrons. The molecule has 0 aliphatic heterocycles. The third-order valence-corrected chi connectivity index (χ3v) is 3.25. The minimum absolute atomic E-state index is 0.0974. The first-order valence-corrected chi connectivity index (χ1v) is 6.36. The molecule has 5 nitrogen and oxygen atoms in total. The number of nitrogens with two attached hydrogens (primary N) is 2. The molecule has 1 rings (SSSR count). The number of hydrogen-bond acceptors (Lipinski definition) is 5. The van der Waals surface area contributed by atoms with Crippen LogP contribution >= 0.6 is 0 Å². The Bertz CT molecular complexity index is 352. The Kier molecular flexibility index (Phi) is 5.50. The maximum atomic E-state index is 11.7. The molecule has 0 aromatic carbocycles. The molecule has 1 aliphatic rings. The van der Waals surface area contributed by atoms with E-state index in [1.165, 1.54) is 6.92 Å². The molecule has 18 heavy (non-hydrogen) atoms. The lowest BCUT2D eigenvalue weighted by atomic mass is 9.84. The van der Waals surface area contributed by atoms with Crippen LogP contribution in [0.15, 0.2) is 11.6 Å². The van der Waals surface area contributed by atoms with Crippen molar-refractivity contribution in [3.63, 3.8) is 0 Å². The first-order chi connectivity index (χ1) is 8.47. The highest BCUT2D eigenvalue weighted by molar-refractivity contribution is 5.99. The average Bonchev–Trinajstić information content (AvgIpc) is 2.30. The van der Waals surface area contributed by atoms with Gasteiger partial charge >= 0.3 is 5.97 Å². The van der Waals surface area contributed by atoms with E-state index in [0.717, 1.165) is 24.8 Å². The third-order valence-electron chi connectivity index (χ3n) is 3.25. The monoisotopic (exact) mass is 254 g/mol. The van der Waals surface area contributed by atoms with Crippen LogP contribution in [0.25, 0.3) is 0 Å². The Labute approximate surface area is 108 Å². The van der Waals surface area contributed by atoms with E-state index in [2.05, 4.69) is 0 Å². The van der Waals surface area contributed by atoms with Crippen molar-refractivity contribution in [1.29, 1.82) is 0 Å². The fraction of sp³-hybridized carbons (Fsp3) is 0.692. The summed E-state index contributed by atoms with van der Waals surface area (Å²) in [5.74, 6) is -1.59. The van der Waals surface area contributed by atoms with Crippen LogP contribution < -0.4 is 11.5 Å². The SMILES string of the molecule is CCOC(=O)C(C=C1CCCC(N)C1N)C(C)=O. The van der Waals surface area contributed by atoms with Crippen LogP contribution in [-0.2, 0) is 14.3 Å². The van der Waals surface area contributed by atoms with Crippen LogP contribution in [-0.4, -0.2) is 30.4 Å². The summed E-state index contributed by atoms with van der Waals surface area (Å²) in [7, 11) is 0. The molecule has 0 amide bonds. The summed E-state index contributed by atoms with van der Waals surface area (Å²) in [5.41, 5.74) is 12.8. The highest BCUT2D eigenvalue weighted by atomic mass is 16.5. The summed E-state index contributed by atoms with van der Waals surface area (Å²) in [4.78, 5) is 23.2. The number of carbonyl (C=O) groups is 2. The van der Waals surface area contributed by atoms with Crippen molar-refractivity contribution < 1.29 is 14.3 Å². The minimum atomic E-state index is -0.851. The zero-order chi connectivity index (χ0) is 13.7. The molecule has 1 fully saturated rings. The molecule has 1 aliphatic carbocycles. The van der Waals surface area contributed by atoms with Crippen molar-refractivity contribution in [1.82, 2.24) is 0 Å². The smallest absolute Gasteiger partial charge is 0.320 e. The second kappa shape index (κ2) is 6.66. The van der Waals surface area contributed by atoms with Crippen LogP contribution in [0.2, 0.25) is 0 Å². The van der Waals surface area contributed by atoms with Gasteiger partial charge in [0.15, 0.2) is 0 Å². The van der Waals surface area contributed by atoms with Crippen molar-refractivity contribution >= 4 is 11.8 Å². The summed E-state index contributed by atoms with van der Waals surface area (Å²) in [6, 6.07) is -0.366. The lowest BCUT2D eigenvalue weighted by Crippen LogP contribution is -2.45. The molecule has 0 bridgehead atoms. The summed E-state index contributed by atoms with van der Waals surface area (Å²) in [5, 5.41) is 0. The van der Waals surface area contributed by atoms with Crippen molar-refractivity contribution in [2.75, 3.05) is 6.61 Å². The molecule has 0 aromatic rings. The predicted molar refractivity (Wildman–Crippen MR) is 68.7 cm³/mol. The van der Waals surface area contributed by atoms with E-state index >= 15 is 0 Å². The largest absolute Gasteiger partial charge is 0.465 e. The summed E-state index contributed by atoms with van der Waals surface area (Å²) >= 11 is 0. The van der Waals surface area contributed by atoms with E-state index in [1.807, 2.05) is 0 Å². The Morgan fingerprint density at radius 3 is 2.72 bits per heavy atom. The van der Waals surface area contributed by atoms with Crippen LogP contribution in [0, 0.1) is 5.92 Å². The van der Waals surface area contributed by atoms with Gasteiger partial charge in [-0.25, -0.2) is 0 Å². The maximum Gasteiger partial charge on any atom is 0.320 e. The second-order valence-corrected chi connectivity index (χ2v) is 4.66. The first-order valence-electron chi connectivity index (χ1n) is 6.36. The fourth-order valence-electron chi connectivity index (χ4n) is 2.16. The van der Waals surface area contributed by atoms with Gasteiger partial charge in [0.25, 0.3) is 0 Å². The normalized spacial score (nSPS) is 27.9. The van der Waals surface area contributed by atoms with Gasteiger partial charge in [0, 0.05) is 12.1 Å². The zero-order valence-corrected chi connectivity index (χ0v) is 11.0. The van der Waals surface area contributed by atoms with E-state index < -0.39 is 11.9 Å². The standard InChI is InChI=1S/C13H22N2O3/c1-3-18-13(17)10(8(2)16)7-9-5-4-6-11(14)12(9)15/h7,10-12H,3-6,14-15H2,1-2H3. The van der Waals surface area contributed by atoms with Gasteiger partial charge in [-0.15, -0.1) is 0 Å². The third kappa shape index (κ3) is 3.65. The lowest BCUT2D eigenvalue weighted by molar-refractivity contribution is -0.149. The number of esters is 1. The van der Waals surface area contributed by atoms with Crippen LogP contribution in [0.4, 0.5) is 0 Å². The van der Waals surface area contributed by atoms with Gasteiger partial charge in [-0.1, -0.05) is 11.6 Å². The minimum Gasteiger partial charge on any atom is -0.465 e. The Morgan fingerprint density at radius 2 is 2.17 bits per heavy atom. The predicted octanol–water partition coefficient (Wildman–Crippen LogP) is 0.520. The number of Topliss-reactive ketones (excluding diaryl/α,β-unsaturated/α-hetero) is 1. The number of carbonyl (C=O) groups excluding carboxylic acids is 2. The quantitative estimate of drug-likeness (QED) is 0.433. The molecule has 0 spiro atoms. The van der Waals surface area contributed by atoms with E-state index in [0.29, 0.717) is 0 Å². The molecule has 3 atom stereocenters. The van der Waals surface area contributed by atoms with E-state index in [4.69, 9.17) is 16.2 Å². The van der Waals surface area contributed by atoms with Crippen molar-refractivity contribution in [3.05, 3.63) is 11.6 Å². The molecule has 0 saturated heterocycles. The summed E-state index contributed by atoms with van der Waals surface area (Å²) in [6.45, 7) is 3.36. The van der Waals surface area contributed by atoms with Gasteiger partial charge in [0.2, 0.25) is 0 Å². The van der Waals surface area contributed by atoms with Crippen molar-refractivity contribution in [2.45, 2.75) is 45.2 Å². The lowest BCUT2D eigenvalue weighted by Gasteiger charge is -2.28. The van der Waals surface area contributed by atoms with Gasteiger partial charge in [0.1, 0.15) is 11.7 Å². The molecule has 4 N–H and O–H groups in total. The highest BCUT2D eigenvalue weighted by Gasteiger charge is 2.27. The van der Waals surface area contributed by atoms with E-state index in [1.54, 1.807) is 13.0 Å². The molecule has 1 saturated carbocycles. The van der Waals surface area contributed by atoms with Crippen LogP contribution in [0.5, 0.6) is 0 Å². The molecule has 0 radical (unpaired) electrons.